The number of carbonyl (C=O) groups excluding carboxylic acids is 2. The second kappa shape index (κ2) is 11.5. The molecular weight excluding hydrogens is 368 g/mol. The molecule has 0 aliphatic heterocycles. The molecule has 0 fully saturated rings. The summed E-state index contributed by atoms with van der Waals surface area (Å²) in [6.07, 6.45) is 3.06. The molecule has 6 nitrogen and oxygen atoms in total. The highest BCUT2D eigenvalue weighted by Gasteiger charge is 2.14. The largest absolute Gasteiger partial charge is 0.490 e. The van der Waals surface area contributed by atoms with Crippen molar-refractivity contribution in [3.8, 4) is 11.5 Å². The van der Waals surface area contributed by atoms with Gasteiger partial charge in [-0.2, -0.15) is 0 Å². The fourth-order valence-electron chi connectivity index (χ4n) is 2.61. The number of benzene rings is 2. The highest BCUT2D eigenvalue weighted by Crippen LogP contribution is 2.28. The van der Waals surface area contributed by atoms with Crippen LogP contribution in [0.15, 0.2) is 54.6 Å². The maximum Gasteiger partial charge on any atom is 0.244 e. The molecule has 0 aromatic heterocycles. The summed E-state index contributed by atoms with van der Waals surface area (Å²) >= 11 is 0. The molecule has 0 saturated carbocycles. The first-order valence-electron chi connectivity index (χ1n) is 9.73. The van der Waals surface area contributed by atoms with Crippen LogP contribution in [0.2, 0.25) is 0 Å². The first-order chi connectivity index (χ1) is 14.0. The molecule has 0 aliphatic carbocycles. The summed E-state index contributed by atoms with van der Waals surface area (Å²) in [6.45, 7) is 6.93. The van der Waals surface area contributed by atoms with E-state index in [-0.39, 0.29) is 11.8 Å². The Balaban J connectivity index is 1.89. The molecule has 154 valence electrons. The zero-order valence-corrected chi connectivity index (χ0v) is 17.1. The second-order valence-electron chi connectivity index (χ2n) is 6.34. The molecule has 0 aliphatic rings. The van der Waals surface area contributed by atoms with E-state index in [0.29, 0.717) is 31.3 Å². The zero-order valence-electron chi connectivity index (χ0n) is 17.1. The van der Waals surface area contributed by atoms with E-state index in [1.165, 1.54) is 6.08 Å². The van der Waals surface area contributed by atoms with Gasteiger partial charge in [0.05, 0.1) is 13.2 Å². The summed E-state index contributed by atoms with van der Waals surface area (Å²) in [7, 11) is 0. The summed E-state index contributed by atoms with van der Waals surface area (Å²) in [5, 5.41) is 5.47. The fraction of sp³-hybridized carbons (Fsp3) is 0.304. The topological polar surface area (TPSA) is 76.7 Å². The average Bonchev–Trinajstić information content (AvgIpc) is 2.73. The third kappa shape index (κ3) is 7.33. The maximum absolute atomic E-state index is 12.2. The normalized spacial score (nSPS) is 11.7. The fourth-order valence-corrected chi connectivity index (χ4v) is 2.61. The summed E-state index contributed by atoms with van der Waals surface area (Å²) in [5.74, 6) is 0.708. The third-order valence-electron chi connectivity index (χ3n) is 4.06. The maximum atomic E-state index is 12.2. The van der Waals surface area contributed by atoms with Gasteiger partial charge >= 0.3 is 0 Å². The van der Waals surface area contributed by atoms with E-state index in [0.717, 1.165) is 11.1 Å². The summed E-state index contributed by atoms with van der Waals surface area (Å²) < 4.78 is 11.1. The predicted molar refractivity (Wildman–Crippen MR) is 114 cm³/mol. The minimum atomic E-state index is -0.643. The number of hydrogen-bond acceptors (Lipinski definition) is 4. The first kappa shape index (κ1) is 22.0. The lowest BCUT2D eigenvalue weighted by atomic mass is 10.2. The van der Waals surface area contributed by atoms with Crippen LogP contribution in [0.1, 0.15) is 31.9 Å². The number of amides is 2. The predicted octanol–water partition coefficient (Wildman–Crippen LogP) is 3.32. The quantitative estimate of drug-likeness (QED) is 0.604. The molecule has 2 rings (SSSR count). The van der Waals surface area contributed by atoms with Gasteiger partial charge < -0.3 is 20.1 Å². The van der Waals surface area contributed by atoms with Crippen LogP contribution in [-0.4, -0.2) is 31.1 Å². The van der Waals surface area contributed by atoms with Gasteiger partial charge in [-0.15, -0.1) is 0 Å². The number of rotatable bonds is 10. The molecule has 0 saturated heterocycles. The van der Waals surface area contributed by atoms with E-state index in [1.807, 2.05) is 62.4 Å². The van der Waals surface area contributed by atoms with Crippen molar-refractivity contribution in [3.05, 3.63) is 65.7 Å². The number of hydrogen-bond donors (Lipinski definition) is 2. The minimum Gasteiger partial charge on any atom is -0.490 e. The lowest BCUT2D eigenvalue weighted by molar-refractivity contribution is -0.126. The summed E-state index contributed by atoms with van der Waals surface area (Å²) in [6, 6.07) is 14.4. The van der Waals surface area contributed by atoms with Gasteiger partial charge in [0.15, 0.2) is 11.5 Å². The smallest absolute Gasteiger partial charge is 0.244 e. The molecule has 2 aromatic carbocycles. The van der Waals surface area contributed by atoms with Crippen LogP contribution < -0.4 is 20.1 Å². The molecule has 0 heterocycles. The van der Waals surface area contributed by atoms with E-state index in [2.05, 4.69) is 10.6 Å². The van der Waals surface area contributed by atoms with E-state index >= 15 is 0 Å². The van der Waals surface area contributed by atoms with Gasteiger partial charge in [0.25, 0.3) is 0 Å². The molecule has 0 spiro atoms. The van der Waals surface area contributed by atoms with Crippen molar-refractivity contribution >= 4 is 17.9 Å². The van der Waals surface area contributed by atoms with Gasteiger partial charge in [-0.1, -0.05) is 36.4 Å². The van der Waals surface area contributed by atoms with Gasteiger partial charge in [0.1, 0.15) is 6.04 Å². The Bertz CT molecular complexity index is 834. The van der Waals surface area contributed by atoms with Gasteiger partial charge in [-0.3, -0.25) is 9.59 Å². The molecule has 1 unspecified atom stereocenters. The molecule has 1 atom stereocenters. The van der Waals surface area contributed by atoms with Crippen molar-refractivity contribution in [1.82, 2.24) is 10.6 Å². The Kier molecular flexibility index (Phi) is 8.76. The third-order valence-corrected chi connectivity index (χ3v) is 4.06. The zero-order chi connectivity index (χ0) is 21.1. The SMILES string of the molecule is CCOc1ccc(/C=C/C(=O)NC(C)C(=O)NCc2ccccc2)cc1OCC. The second-order valence-corrected chi connectivity index (χ2v) is 6.34. The molecular formula is C23H28N2O4. The Morgan fingerprint density at radius 3 is 2.38 bits per heavy atom. The van der Waals surface area contributed by atoms with Gasteiger partial charge in [-0.25, -0.2) is 0 Å². The van der Waals surface area contributed by atoms with E-state index < -0.39 is 6.04 Å². The average molecular weight is 396 g/mol. The van der Waals surface area contributed by atoms with Crippen molar-refractivity contribution in [2.75, 3.05) is 13.2 Å². The Hall–Kier alpha value is -3.28. The van der Waals surface area contributed by atoms with Crippen molar-refractivity contribution in [1.29, 1.82) is 0 Å². The molecule has 2 N–H and O–H groups in total. The van der Waals surface area contributed by atoms with Crippen LogP contribution in [0.5, 0.6) is 11.5 Å². The first-order valence-corrected chi connectivity index (χ1v) is 9.73. The van der Waals surface area contributed by atoms with Crippen LogP contribution in [0, 0.1) is 0 Å². The summed E-state index contributed by atoms with van der Waals surface area (Å²) in [5.41, 5.74) is 1.80. The highest BCUT2D eigenvalue weighted by atomic mass is 16.5. The molecule has 29 heavy (non-hydrogen) atoms. The highest BCUT2D eigenvalue weighted by molar-refractivity contribution is 5.95. The van der Waals surface area contributed by atoms with Crippen molar-refractivity contribution in [2.24, 2.45) is 0 Å². The van der Waals surface area contributed by atoms with E-state index in [4.69, 9.17) is 9.47 Å². The minimum absolute atomic E-state index is 0.240. The van der Waals surface area contributed by atoms with Crippen molar-refractivity contribution in [3.63, 3.8) is 0 Å². The molecule has 2 aromatic rings. The molecule has 0 bridgehead atoms. The summed E-state index contributed by atoms with van der Waals surface area (Å²) in [4.78, 5) is 24.3. The van der Waals surface area contributed by atoms with E-state index in [9.17, 15) is 9.59 Å². The lowest BCUT2D eigenvalue weighted by Gasteiger charge is -2.13. The van der Waals surface area contributed by atoms with Gasteiger partial charge in [-0.05, 0) is 50.1 Å². The van der Waals surface area contributed by atoms with Crippen LogP contribution in [0.25, 0.3) is 6.08 Å². The molecule has 6 heteroatoms. The molecule has 2 amide bonds. The Labute approximate surface area is 171 Å². The van der Waals surface area contributed by atoms with Gasteiger partial charge in [0, 0.05) is 12.6 Å². The van der Waals surface area contributed by atoms with Crippen LogP contribution in [-0.2, 0) is 16.1 Å². The van der Waals surface area contributed by atoms with Crippen molar-refractivity contribution < 1.29 is 19.1 Å². The van der Waals surface area contributed by atoms with Gasteiger partial charge in [0.2, 0.25) is 11.8 Å². The standard InChI is InChI=1S/C23H28N2O4/c1-4-28-20-13-11-18(15-21(20)29-5-2)12-14-22(26)25-17(3)23(27)24-16-19-9-7-6-8-10-19/h6-15,17H,4-5,16H2,1-3H3,(H,24,27)(H,25,26)/b14-12+. The van der Waals surface area contributed by atoms with Crippen LogP contribution in [0.4, 0.5) is 0 Å². The Morgan fingerprint density at radius 2 is 1.69 bits per heavy atom. The van der Waals surface area contributed by atoms with E-state index in [1.54, 1.807) is 13.0 Å². The number of ether oxygens (including phenoxy) is 2. The number of nitrogens with one attached hydrogen (secondary N) is 2. The van der Waals surface area contributed by atoms with Crippen molar-refractivity contribution in [2.45, 2.75) is 33.4 Å². The Morgan fingerprint density at radius 1 is 1.00 bits per heavy atom. The monoisotopic (exact) mass is 396 g/mol. The lowest BCUT2D eigenvalue weighted by Crippen LogP contribution is -2.44. The molecule has 0 radical (unpaired) electrons. The van der Waals surface area contributed by atoms with Crippen LogP contribution in [0.3, 0.4) is 0 Å². The number of carbonyl (C=O) groups is 2. The van der Waals surface area contributed by atoms with Crippen LogP contribution >= 0.6 is 0 Å².